The van der Waals surface area contributed by atoms with Crippen LogP contribution in [-0.4, -0.2) is 27.5 Å². The van der Waals surface area contributed by atoms with E-state index in [1.54, 1.807) is 0 Å². The summed E-state index contributed by atoms with van der Waals surface area (Å²) in [5.74, 6) is 0.236. The first kappa shape index (κ1) is 17.1. The van der Waals surface area contributed by atoms with Crippen LogP contribution in [0.2, 0.25) is 0 Å². The number of alkyl halides is 3. The molecule has 1 saturated carbocycles. The first-order valence-electron chi connectivity index (χ1n) is 7.46. The Morgan fingerprint density at radius 2 is 2.14 bits per heavy atom. The molecule has 2 rings (SSSR count). The minimum Gasteiger partial charge on any atom is -0.363 e. The van der Waals surface area contributed by atoms with E-state index < -0.39 is 11.9 Å². The third-order valence-electron chi connectivity index (χ3n) is 3.35. The Morgan fingerprint density at radius 1 is 1.45 bits per heavy atom. The topological polar surface area (TPSA) is 41.9 Å². The molecule has 2 N–H and O–H groups in total. The fraction of sp³-hybridized carbons (Fsp3) is 0.714. The normalized spacial score (nSPS) is 15.2. The van der Waals surface area contributed by atoms with Crippen molar-refractivity contribution in [2.45, 2.75) is 57.8 Å². The maximum absolute atomic E-state index is 12.8. The van der Waals surface area contributed by atoms with Crippen molar-refractivity contribution in [1.29, 1.82) is 0 Å². The van der Waals surface area contributed by atoms with Crippen LogP contribution in [-0.2, 0) is 12.7 Å². The van der Waals surface area contributed by atoms with Gasteiger partial charge in [0.05, 0.1) is 0 Å². The standard InChI is InChI=1S/C14H21F3N4S/c1-9(2)19-13(22)18-6-3-7-21-11(10-4-5-10)8-12(20-21)14(15,16)17/h8-10H,3-7H2,1-2H3,(H2,18,19,22). The van der Waals surface area contributed by atoms with Gasteiger partial charge in [-0.25, -0.2) is 0 Å². The van der Waals surface area contributed by atoms with Crippen LogP contribution in [0, 0.1) is 0 Å². The quantitative estimate of drug-likeness (QED) is 0.620. The molecular formula is C14H21F3N4S. The van der Waals surface area contributed by atoms with Crippen LogP contribution in [0.1, 0.15) is 50.4 Å². The van der Waals surface area contributed by atoms with Crippen molar-refractivity contribution in [1.82, 2.24) is 20.4 Å². The first-order valence-corrected chi connectivity index (χ1v) is 7.87. The van der Waals surface area contributed by atoms with Gasteiger partial charge in [0.25, 0.3) is 0 Å². The van der Waals surface area contributed by atoms with Crippen LogP contribution in [0.15, 0.2) is 6.07 Å². The summed E-state index contributed by atoms with van der Waals surface area (Å²) >= 11 is 5.10. The molecule has 1 aromatic rings. The Bertz CT molecular complexity index is 521. The highest BCUT2D eigenvalue weighted by atomic mass is 32.1. The first-order chi connectivity index (χ1) is 10.3. The lowest BCUT2D eigenvalue weighted by atomic mass is 10.2. The second-order valence-corrected chi connectivity index (χ2v) is 6.27. The van der Waals surface area contributed by atoms with E-state index in [-0.39, 0.29) is 12.0 Å². The van der Waals surface area contributed by atoms with Crippen molar-refractivity contribution >= 4 is 17.3 Å². The molecule has 1 aliphatic rings. The number of nitrogens with zero attached hydrogens (tertiary/aromatic N) is 2. The average molecular weight is 334 g/mol. The number of hydrogen-bond acceptors (Lipinski definition) is 2. The fourth-order valence-electron chi connectivity index (χ4n) is 2.20. The summed E-state index contributed by atoms with van der Waals surface area (Å²) in [6, 6.07) is 1.44. The maximum Gasteiger partial charge on any atom is 0.435 e. The number of nitrogens with one attached hydrogen (secondary N) is 2. The molecule has 22 heavy (non-hydrogen) atoms. The van der Waals surface area contributed by atoms with E-state index in [2.05, 4.69) is 15.7 Å². The Labute approximate surface area is 133 Å². The smallest absolute Gasteiger partial charge is 0.363 e. The van der Waals surface area contributed by atoms with E-state index in [4.69, 9.17) is 12.2 Å². The Hall–Kier alpha value is -1.31. The van der Waals surface area contributed by atoms with Crippen molar-refractivity contribution in [2.75, 3.05) is 6.54 Å². The number of aromatic nitrogens is 2. The highest BCUT2D eigenvalue weighted by Gasteiger charge is 2.37. The Balaban J connectivity index is 1.87. The molecule has 0 aliphatic heterocycles. The van der Waals surface area contributed by atoms with Gasteiger partial charge in [0, 0.05) is 30.7 Å². The van der Waals surface area contributed by atoms with Gasteiger partial charge in [0.2, 0.25) is 0 Å². The van der Waals surface area contributed by atoms with E-state index in [9.17, 15) is 13.2 Å². The minimum absolute atomic E-state index is 0.236. The summed E-state index contributed by atoms with van der Waals surface area (Å²) in [5.41, 5.74) is -0.0884. The van der Waals surface area contributed by atoms with E-state index in [1.165, 1.54) is 10.7 Å². The molecule has 1 aliphatic carbocycles. The lowest BCUT2D eigenvalue weighted by molar-refractivity contribution is -0.141. The number of thiocarbonyl (C=S) groups is 1. The van der Waals surface area contributed by atoms with Gasteiger partial charge >= 0.3 is 6.18 Å². The molecule has 4 nitrogen and oxygen atoms in total. The van der Waals surface area contributed by atoms with E-state index in [0.29, 0.717) is 30.3 Å². The van der Waals surface area contributed by atoms with Crippen LogP contribution < -0.4 is 10.6 Å². The van der Waals surface area contributed by atoms with E-state index in [0.717, 1.165) is 12.8 Å². The Kier molecular flexibility index (Phi) is 5.31. The molecule has 0 amide bonds. The predicted octanol–water partition coefficient (Wildman–Crippen LogP) is 3.04. The second-order valence-electron chi connectivity index (χ2n) is 5.86. The Morgan fingerprint density at radius 3 is 2.68 bits per heavy atom. The third kappa shape index (κ3) is 4.86. The zero-order chi connectivity index (χ0) is 16.3. The lowest BCUT2D eigenvalue weighted by Gasteiger charge is -2.13. The van der Waals surface area contributed by atoms with Crippen LogP contribution in [0.4, 0.5) is 13.2 Å². The summed E-state index contributed by atoms with van der Waals surface area (Å²) in [5, 5.41) is 10.4. The van der Waals surface area contributed by atoms with Gasteiger partial charge in [-0.05, 0) is 51.4 Å². The minimum atomic E-state index is -4.38. The SMILES string of the molecule is CC(C)NC(=S)NCCCn1nc(C(F)(F)F)cc1C1CC1. The van der Waals surface area contributed by atoms with Crippen LogP contribution >= 0.6 is 12.2 Å². The molecular weight excluding hydrogens is 313 g/mol. The number of rotatable bonds is 6. The van der Waals surface area contributed by atoms with Gasteiger partial charge in [-0.3, -0.25) is 4.68 Å². The average Bonchev–Trinajstić information content (AvgIpc) is 3.13. The van der Waals surface area contributed by atoms with Gasteiger partial charge in [-0.15, -0.1) is 0 Å². The molecule has 0 bridgehead atoms. The summed E-state index contributed by atoms with van der Waals surface area (Å²) < 4.78 is 39.8. The van der Waals surface area contributed by atoms with Gasteiger partial charge < -0.3 is 10.6 Å². The van der Waals surface area contributed by atoms with Gasteiger partial charge in [0.15, 0.2) is 10.8 Å². The fourth-order valence-corrected chi connectivity index (χ4v) is 2.54. The highest BCUT2D eigenvalue weighted by Crippen LogP contribution is 2.42. The molecule has 1 fully saturated rings. The van der Waals surface area contributed by atoms with Gasteiger partial charge in [-0.2, -0.15) is 18.3 Å². The van der Waals surface area contributed by atoms with Gasteiger partial charge in [0.1, 0.15) is 0 Å². The van der Waals surface area contributed by atoms with Crippen molar-refractivity contribution in [3.63, 3.8) is 0 Å². The molecule has 1 aromatic heterocycles. The van der Waals surface area contributed by atoms with Crippen LogP contribution in [0.5, 0.6) is 0 Å². The molecule has 0 radical (unpaired) electrons. The molecule has 8 heteroatoms. The second kappa shape index (κ2) is 6.85. The van der Waals surface area contributed by atoms with Crippen molar-refractivity contribution in [3.05, 3.63) is 17.5 Å². The molecule has 0 unspecified atom stereocenters. The van der Waals surface area contributed by atoms with Crippen molar-refractivity contribution in [2.24, 2.45) is 0 Å². The molecule has 0 spiro atoms. The zero-order valence-electron chi connectivity index (χ0n) is 12.7. The third-order valence-corrected chi connectivity index (χ3v) is 3.61. The molecule has 0 saturated heterocycles. The lowest BCUT2D eigenvalue weighted by Crippen LogP contribution is -2.39. The summed E-state index contributed by atoms with van der Waals surface area (Å²) in [6.45, 7) is 5.03. The summed E-state index contributed by atoms with van der Waals surface area (Å²) in [6.07, 6.45) is -1.82. The monoisotopic (exact) mass is 334 g/mol. The van der Waals surface area contributed by atoms with E-state index >= 15 is 0 Å². The molecule has 1 heterocycles. The number of aryl methyl sites for hydroxylation is 1. The zero-order valence-corrected chi connectivity index (χ0v) is 13.5. The molecule has 0 aromatic carbocycles. The van der Waals surface area contributed by atoms with Crippen molar-refractivity contribution in [3.8, 4) is 0 Å². The van der Waals surface area contributed by atoms with E-state index in [1.807, 2.05) is 13.8 Å². The summed E-state index contributed by atoms with van der Waals surface area (Å²) in [4.78, 5) is 0. The van der Waals surface area contributed by atoms with Crippen molar-refractivity contribution < 1.29 is 13.2 Å². The largest absolute Gasteiger partial charge is 0.435 e. The maximum atomic E-state index is 12.8. The highest BCUT2D eigenvalue weighted by molar-refractivity contribution is 7.80. The number of halogens is 3. The van der Waals surface area contributed by atoms with Gasteiger partial charge in [-0.1, -0.05) is 0 Å². The van der Waals surface area contributed by atoms with Crippen LogP contribution in [0.3, 0.4) is 0 Å². The predicted molar refractivity (Wildman–Crippen MR) is 82.7 cm³/mol. The summed E-state index contributed by atoms with van der Waals surface area (Å²) in [7, 11) is 0. The van der Waals surface area contributed by atoms with Crippen LogP contribution in [0.25, 0.3) is 0 Å². The molecule has 0 atom stereocenters. The number of hydrogen-bond donors (Lipinski definition) is 2. The molecule has 124 valence electrons.